The number of aryl methyl sites for hydroxylation is 1. The number of amides is 1. The molecule has 2 aliphatic rings. The molecule has 2 aliphatic heterocycles. The third-order valence-corrected chi connectivity index (χ3v) is 7.43. The lowest BCUT2D eigenvalue weighted by molar-refractivity contribution is 0.0787. The molecule has 5 heterocycles. The molecule has 1 unspecified atom stereocenters. The number of hydrogen-bond acceptors (Lipinski definition) is 6. The maximum absolute atomic E-state index is 14.3. The van der Waals surface area contributed by atoms with E-state index in [0.717, 1.165) is 32.0 Å². The van der Waals surface area contributed by atoms with Gasteiger partial charge in [-0.3, -0.25) is 9.69 Å². The van der Waals surface area contributed by atoms with Gasteiger partial charge in [0, 0.05) is 50.1 Å². The fourth-order valence-corrected chi connectivity index (χ4v) is 5.55. The Morgan fingerprint density at radius 1 is 1.11 bits per heavy atom. The van der Waals surface area contributed by atoms with Crippen molar-refractivity contribution in [2.45, 2.75) is 38.8 Å². The van der Waals surface area contributed by atoms with E-state index in [1.807, 2.05) is 0 Å². The summed E-state index contributed by atoms with van der Waals surface area (Å²) >= 11 is 0. The average molecular weight is 500 g/mol. The minimum Gasteiger partial charge on any atom is -0.355 e. The molecular weight excluding hydrogens is 469 g/mol. The summed E-state index contributed by atoms with van der Waals surface area (Å²) in [5.41, 5.74) is 2.81. The second-order valence-corrected chi connectivity index (χ2v) is 10.1. The molecule has 9 heteroatoms. The van der Waals surface area contributed by atoms with Gasteiger partial charge in [-0.25, -0.2) is 19.3 Å². The molecule has 190 valence electrons. The molecule has 0 radical (unpaired) electrons. The third kappa shape index (κ3) is 4.91. The number of hydrogen-bond donors (Lipinski definition) is 1. The van der Waals surface area contributed by atoms with Gasteiger partial charge in [-0.1, -0.05) is 36.8 Å². The SMILES string of the molecule is Cc1cn2cc(NC(=O)c3cnc(N4CC(C5CCCCN5Cc5ccccc5)C4)cn3)cc(F)c2n1. The molecule has 0 aliphatic carbocycles. The van der Waals surface area contributed by atoms with Crippen LogP contribution in [0.1, 0.15) is 41.0 Å². The number of fused-ring (bicyclic) bond motifs is 1. The van der Waals surface area contributed by atoms with Crippen molar-refractivity contribution in [2.24, 2.45) is 5.92 Å². The van der Waals surface area contributed by atoms with Crippen LogP contribution in [0.25, 0.3) is 5.65 Å². The van der Waals surface area contributed by atoms with Crippen molar-refractivity contribution in [3.05, 3.63) is 84.0 Å². The van der Waals surface area contributed by atoms with Gasteiger partial charge in [-0.2, -0.15) is 0 Å². The van der Waals surface area contributed by atoms with Crippen molar-refractivity contribution in [3.8, 4) is 0 Å². The highest BCUT2D eigenvalue weighted by Gasteiger charge is 2.38. The van der Waals surface area contributed by atoms with E-state index in [1.54, 1.807) is 29.9 Å². The lowest BCUT2D eigenvalue weighted by atomic mass is 9.84. The second-order valence-electron chi connectivity index (χ2n) is 10.1. The van der Waals surface area contributed by atoms with Crippen LogP contribution in [0, 0.1) is 18.7 Å². The molecule has 1 amide bonds. The molecule has 1 N–H and O–H groups in total. The Labute approximate surface area is 215 Å². The van der Waals surface area contributed by atoms with Gasteiger partial charge in [-0.15, -0.1) is 0 Å². The molecule has 2 fully saturated rings. The van der Waals surface area contributed by atoms with Crippen molar-refractivity contribution in [3.63, 3.8) is 0 Å². The van der Waals surface area contributed by atoms with Crippen LogP contribution in [0.4, 0.5) is 15.9 Å². The number of carbonyl (C=O) groups excluding carboxylic acids is 1. The minimum absolute atomic E-state index is 0.185. The molecule has 3 aromatic heterocycles. The molecule has 8 nitrogen and oxygen atoms in total. The van der Waals surface area contributed by atoms with E-state index in [0.29, 0.717) is 23.3 Å². The summed E-state index contributed by atoms with van der Waals surface area (Å²) in [7, 11) is 0. The Balaban J connectivity index is 1.07. The molecule has 6 rings (SSSR count). The summed E-state index contributed by atoms with van der Waals surface area (Å²) in [5, 5.41) is 2.70. The number of rotatable bonds is 6. The maximum atomic E-state index is 14.3. The van der Waals surface area contributed by atoms with Crippen LogP contribution in [0.2, 0.25) is 0 Å². The van der Waals surface area contributed by atoms with E-state index in [-0.39, 0.29) is 11.3 Å². The standard InChI is InChI=1S/C28H30FN7O/c1-19-14-36-18-22(11-23(29)27(36)32-19)33-28(37)24-12-31-26(13-30-24)35-16-21(17-35)25-9-5-6-10-34(25)15-20-7-3-2-4-8-20/h2-4,7-8,11-14,18,21,25H,5-6,9-10,15-17H2,1H3,(H,33,37). The highest BCUT2D eigenvalue weighted by Crippen LogP contribution is 2.32. The lowest BCUT2D eigenvalue weighted by Gasteiger charge is -2.49. The van der Waals surface area contributed by atoms with Crippen LogP contribution in [-0.2, 0) is 6.54 Å². The van der Waals surface area contributed by atoms with Crippen LogP contribution in [0.15, 0.2) is 61.2 Å². The van der Waals surface area contributed by atoms with Crippen molar-refractivity contribution in [2.75, 3.05) is 29.9 Å². The first-order valence-electron chi connectivity index (χ1n) is 12.8. The average Bonchev–Trinajstić information content (AvgIpc) is 3.26. The normalized spacial score (nSPS) is 18.6. The molecule has 1 aromatic carbocycles. The van der Waals surface area contributed by atoms with Crippen molar-refractivity contribution in [1.29, 1.82) is 0 Å². The van der Waals surface area contributed by atoms with Gasteiger partial charge >= 0.3 is 0 Å². The van der Waals surface area contributed by atoms with E-state index in [2.05, 4.69) is 60.4 Å². The Morgan fingerprint density at radius 2 is 1.95 bits per heavy atom. The van der Waals surface area contributed by atoms with Gasteiger partial charge in [0.2, 0.25) is 0 Å². The predicted molar refractivity (Wildman–Crippen MR) is 140 cm³/mol. The Bertz CT molecular complexity index is 1400. The zero-order chi connectivity index (χ0) is 25.4. The summed E-state index contributed by atoms with van der Waals surface area (Å²) < 4.78 is 15.9. The van der Waals surface area contributed by atoms with Crippen LogP contribution >= 0.6 is 0 Å². The highest BCUT2D eigenvalue weighted by atomic mass is 19.1. The number of nitrogens with zero attached hydrogens (tertiary/aromatic N) is 6. The van der Waals surface area contributed by atoms with Crippen LogP contribution in [-0.4, -0.2) is 55.8 Å². The van der Waals surface area contributed by atoms with Crippen LogP contribution in [0.5, 0.6) is 0 Å². The summed E-state index contributed by atoms with van der Waals surface area (Å²) in [5.74, 6) is 0.444. The van der Waals surface area contributed by atoms with Gasteiger partial charge in [0.1, 0.15) is 11.5 Å². The largest absolute Gasteiger partial charge is 0.355 e. The molecule has 0 saturated carbocycles. The number of carbonyl (C=O) groups is 1. The molecule has 4 aromatic rings. The lowest BCUT2D eigenvalue weighted by Crippen LogP contribution is -2.58. The van der Waals surface area contributed by atoms with Gasteiger partial charge in [0.25, 0.3) is 5.91 Å². The number of likely N-dealkylation sites (tertiary alicyclic amines) is 1. The molecule has 37 heavy (non-hydrogen) atoms. The smallest absolute Gasteiger partial charge is 0.275 e. The van der Waals surface area contributed by atoms with Crippen molar-refractivity contribution >= 4 is 23.1 Å². The van der Waals surface area contributed by atoms with Crippen molar-refractivity contribution < 1.29 is 9.18 Å². The summed E-state index contributed by atoms with van der Waals surface area (Å²) in [4.78, 5) is 30.5. The minimum atomic E-state index is -0.500. The van der Waals surface area contributed by atoms with Gasteiger partial charge in [-0.05, 0) is 31.9 Å². The fourth-order valence-electron chi connectivity index (χ4n) is 5.55. The number of piperidine rings is 1. The van der Waals surface area contributed by atoms with E-state index in [1.165, 1.54) is 37.1 Å². The van der Waals surface area contributed by atoms with Crippen molar-refractivity contribution in [1.82, 2.24) is 24.3 Å². The third-order valence-electron chi connectivity index (χ3n) is 7.43. The van der Waals surface area contributed by atoms with E-state index in [4.69, 9.17) is 0 Å². The zero-order valence-electron chi connectivity index (χ0n) is 20.8. The first-order valence-corrected chi connectivity index (χ1v) is 12.8. The van der Waals surface area contributed by atoms with Gasteiger partial charge in [0.15, 0.2) is 11.5 Å². The van der Waals surface area contributed by atoms with E-state index >= 15 is 0 Å². The highest BCUT2D eigenvalue weighted by molar-refractivity contribution is 6.02. The number of pyridine rings is 1. The number of aromatic nitrogens is 4. The molecule has 0 bridgehead atoms. The fraction of sp³-hybridized carbons (Fsp3) is 0.357. The monoisotopic (exact) mass is 499 g/mol. The molecule has 2 saturated heterocycles. The number of nitrogens with one attached hydrogen (secondary N) is 1. The van der Waals surface area contributed by atoms with Crippen LogP contribution in [0.3, 0.4) is 0 Å². The second kappa shape index (κ2) is 9.89. The first kappa shape index (κ1) is 23.5. The number of halogens is 1. The zero-order valence-corrected chi connectivity index (χ0v) is 20.8. The Morgan fingerprint density at radius 3 is 2.73 bits per heavy atom. The molecule has 0 spiro atoms. The topological polar surface area (TPSA) is 78.7 Å². The maximum Gasteiger partial charge on any atom is 0.275 e. The van der Waals surface area contributed by atoms with E-state index < -0.39 is 11.7 Å². The quantitative estimate of drug-likeness (QED) is 0.426. The van der Waals surface area contributed by atoms with Gasteiger partial charge < -0.3 is 14.6 Å². The Kier molecular flexibility index (Phi) is 6.30. The molecule has 1 atom stereocenters. The summed E-state index contributed by atoms with van der Waals surface area (Å²) in [6, 6.07) is 12.5. The number of benzene rings is 1. The van der Waals surface area contributed by atoms with E-state index in [9.17, 15) is 9.18 Å². The van der Waals surface area contributed by atoms with Gasteiger partial charge in [0.05, 0.1) is 23.8 Å². The molecular formula is C28H30FN7O. The summed E-state index contributed by atoms with van der Waals surface area (Å²) in [6.45, 7) is 5.83. The number of imidazole rings is 1. The number of anilines is 2. The van der Waals surface area contributed by atoms with Crippen LogP contribution < -0.4 is 10.2 Å². The summed E-state index contributed by atoms with van der Waals surface area (Å²) in [6.07, 6.45) is 10.3. The first-order chi connectivity index (χ1) is 18.0. The predicted octanol–water partition coefficient (Wildman–Crippen LogP) is 4.32. The Hall–Kier alpha value is -3.85.